The molecule has 0 saturated carbocycles. The fourth-order valence-corrected chi connectivity index (χ4v) is 2.68. The molecule has 1 N–H and O–H groups in total. The van der Waals surface area contributed by atoms with E-state index in [1.165, 1.54) is 6.26 Å². The first-order valence-corrected chi connectivity index (χ1v) is 6.61. The molecule has 0 aromatic carbocycles. The number of carbonyl (C=O) groups excluding carboxylic acids is 1. The van der Waals surface area contributed by atoms with Gasteiger partial charge in [-0.3, -0.25) is 9.59 Å². The van der Waals surface area contributed by atoms with Crippen molar-refractivity contribution in [2.24, 2.45) is 5.92 Å². The highest BCUT2D eigenvalue weighted by Crippen LogP contribution is 2.38. The predicted octanol–water partition coefficient (Wildman–Crippen LogP) is 1.60. The maximum absolute atomic E-state index is 12.1. The van der Waals surface area contributed by atoms with Crippen LogP contribution in [0.4, 0.5) is 0 Å². The molecule has 2 unspecified atom stereocenters. The van der Waals surface area contributed by atoms with E-state index in [1.54, 1.807) is 18.1 Å². The molecule has 20 heavy (non-hydrogen) atoms. The summed E-state index contributed by atoms with van der Waals surface area (Å²) in [6.45, 7) is 2.59. The number of furan rings is 1. The van der Waals surface area contributed by atoms with Crippen LogP contribution in [0, 0.1) is 12.8 Å². The van der Waals surface area contributed by atoms with Gasteiger partial charge >= 0.3 is 5.97 Å². The lowest BCUT2D eigenvalue weighted by molar-refractivity contribution is -0.153. The Kier molecular flexibility index (Phi) is 4.44. The van der Waals surface area contributed by atoms with Crippen LogP contribution in [0.1, 0.15) is 30.2 Å². The first-order chi connectivity index (χ1) is 9.56. The van der Waals surface area contributed by atoms with Crippen LogP contribution in [0.25, 0.3) is 0 Å². The number of carbonyl (C=O) groups is 2. The molecule has 1 fully saturated rings. The van der Waals surface area contributed by atoms with Gasteiger partial charge in [0, 0.05) is 20.1 Å². The molecule has 2 rings (SSSR count). The summed E-state index contributed by atoms with van der Waals surface area (Å²) in [6, 6.07) is 1.22. The topological polar surface area (TPSA) is 80.0 Å². The van der Waals surface area contributed by atoms with Crippen molar-refractivity contribution >= 4 is 11.9 Å². The van der Waals surface area contributed by atoms with Crippen LogP contribution in [-0.4, -0.2) is 42.1 Å². The van der Waals surface area contributed by atoms with E-state index in [1.807, 2.05) is 6.92 Å². The zero-order valence-electron chi connectivity index (χ0n) is 11.7. The molecule has 0 bridgehead atoms. The number of nitrogens with zero attached hydrogens (tertiary/aromatic N) is 1. The van der Waals surface area contributed by atoms with Crippen molar-refractivity contribution in [3.05, 3.63) is 23.7 Å². The van der Waals surface area contributed by atoms with Gasteiger partial charge < -0.3 is 19.2 Å². The number of rotatable bonds is 5. The van der Waals surface area contributed by atoms with Crippen molar-refractivity contribution in [2.45, 2.75) is 25.8 Å². The predicted molar refractivity (Wildman–Crippen MR) is 70.1 cm³/mol. The molecule has 0 radical (unpaired) electrons. The van der Waals surface area contributed by atoms with Crippen molar-refractivity contribution in [1.82, 2.24) is 4.90 Å². The van der Waals surface area contributed by atoms with Gasteiger partial charge in [-0.2, -0.15) is 0 Å². The van der Waals surface area contributed by atoms with Crippen LogP contribution in [0.15, 0.2) is 16.7 Å². The van der Waals surface area contributed by atoms with Crippen LogP contribution in [0.3, 0.4) is 0 Å². The van der Waals surface area contributed by atoms with Crippen LogP contribution < -0.4 is 0 Å². The Balaban J connectivity index is 2.36. The molecular formula is C14H19NO5. The van der Waals surface area contributed by atoms with E-state index >= 15 is 0 Å². The summed E-state index contributed by atoms with van der Waals surface area (Å²) in [4.78, 5) is 25.2. The number of hydrogen-bond donors (Lipinski definition) is 1. The minimum absolute atomic E-state index is 0.0552. The number of ether oxygens (including phenoxy) is 1. The summed E-state index contributed by atoms with van der Waals surface area (Å²) in [6.07, 6.45) is 2.11. The third kappa shape index (κ3) is 2.70. The Hall–Kier alpha value is -1.82. The number of amides is 1. The summed E-state index contributed by atoms with van der Waals surface area (Å²) in [7, 11) is 1.55. The van der Waals surface area contributed by atoms with Crippen molar-refractivity contribution in [1.29, 1.82) is 0 Å². The zero-order valence-corrected chi connectivity index (χ0v) is 11.7. The number of carboxylic acid groups (broad SMARTS) is 1. The molecule has 1 saturated heterocycles. The average molecular weight is 281 g/mol. The quantitative estimate of drug-likeness (QED) is 0.886. The molecule has 0 aliphatic carbocycles. The summed E-state index contributed by atoms with van der Waals surface area (Å²) in [5.74, 6) is -1.04. The molecule has 2 atom stereocenters. The highest BCUT2D eigenvalue weighted by Gasteiger charge is 2.42. The number of carboxylic acids is 1. The molecule has 1 amide bonds. The molecule has 1 aromatic heterocycles. The molecule has 6 nitrogen and oxygen atoms in total. The van der Waals surface area contributed by atoms with Crippen LogP contribution in [0.5, 0.6) is 0 Å². The Morgan fingerprint density at radius 1 is 1.60 bits per heavy atom. The van der Waals surface area contributed by atoms with Crippen LogP contribution >= 0.6 is 0 Å². The minimum atomic E-state index is -0.902. The summed E-state index contributed by atoms with van der Waals surface area (Å²) >= 11 is 0. The van der Waals surface area contributed by atoms with Gasteiger partial charge in [0.2, 0.25) is 5.91 Å². The smallest absolute Gasteiger partial charge is 0.309 e. The fourth-order valence-electron chi connectivity index (χ4n) is 2.68. The molecule has 2 heterocycles. The number of methoxy groups -OCH3 is 1. The van der Waals surface area contributed by atoms with Gasteiger partial charge in [-0.1, -0.05) is 0 Å². The number of piperidine rings is 1. The second kappa shape index (κ2) is 6.09. The van der Waals surface area contributed by atoms with E-state index in [0.29, 0.717) is 25.3 Å². The normalized spacial score (nSPS) is 23.1. The van der Waals surface area contributed by atoms with Gasteiger partial charge in [0.15, 0.2) is 0 Å². The molecule has 1 aliphatic rings. The molecule has 1 aromatic rings. The van der Waals surface area contributed by atoms with Crippen molar-refractivity contribution in [3.8, 4) is 0 Å². The van der Waals surface area contributed by atoms with E-state index in [2.05, 4.69) is 0 Å². The summed E-state index contributed by atoms with van der Waals surface area (Å²) in [5, 5.41) is 9.42. The highest BCUT2D eigenvalue weighted by atomic mass is 16.5. The van der Waals surface area contributed by atoms with Crippen molar-refractivity contribution < 1.29 is 23.8 Å². The van der Waals surface area contributed by atoms with E-state index in [4.69, 9.17) is 9.15 Å². The monoisotopic (exact) mass is 281 g/mol. The second-order valence-corrected chi connectivity index (χ2v) is 4.98. The lowest BCUT2D eigenvalue weighted by Crippen LogP contribution is -2.46. The molecular weight excluding hydrogens is 262 g/mol. The Morgan fingerprint density at radius 3 is 2.90 bits per heavy atom. The van der Waals surface area contributed by atoms with Crippen LogP contribution in [-0.2, 0) is 14.3 Å². The SMILES string of the molecule is COCCN1C(=O)CCC(C(=O)O)C1c1occc1C. The highest BCUT2D eigenvalue weighted by molar-refractivity contribution is 5.81. The van der Waals surface area contributed by atoms with E-state index < -0.39 is 17.9 Å². The molecule has 0 spiro atoms. The van der Waals surface area contributed by atoms with Gasteiger partial charge in [0.1, 0.15) is 11.8 Å². The Morgan fingerprint density at radius 2 is 2.35 bits per heavy atom. The lowest BCUT2D eigenvalue weighted by atomic mass is 9.86. The first-order valence-electron chi connectivity index (χ1n) is 6.61. The number of likely N-dealkylation sites (tertiary alicyclic amines) is 1. The van der Waals surface area contributed by atoms with Gasteiger partial charge in [0.25, 0.3) is 0 Å². The standard InChI is InChI=1S/C14H19NO5/c1-9-5-7-20-13(9)12-10(14(17)18)3-4-11(16)15(12)6-8-19-2/h5,7,10,12H,3-4,6,8H2,1-2H3,(H,17,18). The molecule has 6 heteroatoms. The van der Waals surface area contributed by atoms with E-state index in [9.17, 15) is 14.7 Å². The zero-order chi connectivity index (χ0) is 14.7. The Bertz CT molecular complexity index is 496. The molecule has 110 valence electrons. The number of aryl methyl sites for hydroxylation is 1. The van der Waals surface area contributed by atoms with Gasteiger partial charge in [-0.25, -0.2) is 0 Å². The maximum Gasteiger partial charge on any atom is 0.309 e. The van der Waals surface area contributed by atoms with Crippen molar-refractivity contribution in [2.75, 3.05) is 20.3 Å². The van der Waals surface area contributed by atoms with E-state index in [-0.39, 0.29) is 12.3 Å². The Labute approximate surface area is 117 Å². The summed E-state index contributed by atoms with van der Waals surface area (Å²) < 4.78 is 10.5. The lowest BCUT2D eigenvalue weighted by Gasteiger charge is -2.38. The molecule has 1 aliphatic heterocycles. The van der Waals surface area contributed by atoms with Gasteiger partial charge in [-0.05, 0) is 25.0 Å². The third-order valence-electron chi connectivity index (χ3n) is 3.73. The van der Waals surface area contributed by atoms with Gasteiger partial charge in [-0.15, -0.1) is 0 Å². The summed E-state index contributed by atoms with van der Waals surface area (Å²) in [5.41, 5.74) is 0.860. The maximum atomic E-state index is 12.1. The first kappa shape index (κ1) is 14.6. The van der Waals surface area contributed by atoms with Gasteiger partial charge in [0.05, 0.1) is 18.8 Å². The average Bonchev–Trinajstić information content (AvgIpc) is 2.82. The number of hydrogen-bond acceptors (Lipinski definition) is 4. The van der Waals surface area contributed by atoms with Crippen molar-refractivity contribution in [3.63, 3.8) is 0 Å². The largest absolute Gasteiger partial charge is 0.481 e. The second-order valence-electron chi connectivity index (χ2n) is 4.98. The third-order valence-corrected chi connectivity index (χ3v) is 3.73. The van der Waals surface area contributed by atoms with E-state index in [0.717, 1.165) is 5.56 Å². The minimum Gasteiger partial charge on any atom is -0.481 e. The van der Waals surface area contributed by atoms with Crippen LogP contribution in [0.2, 0.25) is 0 Å². The fraction of sp³-hybridized carbons (Fsp3) is 0.571. The number of aliphatic carboxylic acids is 1.